The average Bonchev–Trinajstić information content (AvgIpc) is 3.10. The van der Waals surface area contributed by atoms with Gasteiger partial charge in [-0.25, -0.2) is 0 Å². The van der Waals surface area contributed by atoms with Gasteiger partial charge in [0.1, 0.15) is 11.3 Å². The molecule has 116 valence electrons. The van der Waals surface area contributed by atoms with Gasteiger partial charge in [0.15, 0.2) is 0 Å². The molecule has 6 nitrogen and oxygen atoms in total. The van der Waals surface area contributed by atoms with Crippen LogP contribution in [-0.4, -0.2) is 66.8 Å². The van der Waals surface area contributed by atoms with Gasteiger partial charge in [0.2, 0.25) is 0 Å². The Balaban J connectivity index is 1.71. The van der Waals surface area contributed by atoms with Crippen LogP contribution < -0.4 is 0 Å². The van der Waals surface area contributed by atoms with Crippen LogP contribution >= 0.6 is 0 Å². The maximum atomic E-state index is 12.8. The van der Waals surface area contributed by atoms with Crippen molar-refractivity contribution in [1.29, 1.82) is 0 Å². The van der Waals surface area contributed by atoms with E-state index >= 15 is 0 Å². The fraction of sp³-hybridized carbons (Fsp3) is 0.733. The Bertz CT molecular complexity index is 509. The van der Waals surface area contributed by atoms with Gasteiger partial charge >= 0.3 is 0 Å². The Kier molecular flexibility index (Phi) is 3.99. The van der Waals surface area contributed by atoms with Crippen LogP contribution in [0.15, 0.2) is 4.52 Å². The quantitative estimate of drug-likeness (QED) is 0.831. The highest BCUT2D eigenvalue weighted by Crippen LogP contribution is 2.33. The van der Waals surface area contributed by atoms with Gasteiger partial charge in [0, 0.05) is 39.3 Å². The van der Waals surface area contributed by atoms with E-state index in [1.54, 1.807) is 14.0 Å². The van der Waals surface area contributed by atoms with E-state index < -0.39 is 0 Å². The van der Waals surface area contributed by atoms with Crippen molar-refractivity contribution in [1.82, 2.24) is 15.0 Å². The topological polar surface area (TPSA) is 58.8 Å². The van der Waals surface area contributed by atoms with Gasteiger partial charge in [-0.05, 0) is 26.2 Å². The number of aryl methyl sites for hydroxylation is 2. The number of methoxy groups -OCH3 is 1. The zero-order valence-electron chi connectivity index (χ0n) is 13.0. The molecule has 0 unspecified atom stereocenters. The number of hydrogen-bond donors (Lipinski definition) is 0. The fourth-order valence-corrected chi connectivity index (χ4v) is 3.64. The minimum absolute atomic E-state index is 0.0762. The molecule has 3 rings (SSSR count). The van der Waals surface area contributed by atoms with Crippen molar-refractivity contribution >= 4 is 5.91 Å². The molecule has 21 heavy (non-hydrogen) atoms. The van der Waals surface area contributed by atoms with E-state index in [4.69, 9.17) is 9.26 Å². The van der Waals surface area contributed by atoms with Gasteiger partial charge in [0.05, 0.1) is 12.3 Å². The van der Waals surface area contributed by atoms with Crippen molar-refractivity contribution in [2.24, 2.45) is 5.92 Å². The minimum Gasteiger partial charge on any atom is -0.383 e. The molecular formula is C15H23N3O3. The minimum atomic E-state index is 0.0762. The number of aromatic nitrogens is 1. The molecule has 0 N–H and O–H groups in total. The Morgan fingerprint density at radius 1 is 1.43 bits per heavy atom. The van der Waals surface area contributed by atoms with Crippen molar-refractivity contribution in [2.75, 3.05) is 39.9 Å². The lowest BCUT2D eigenvalue weighted by molar-refractivity contribution is 0.0720. The third-order valence-corrected chi connectivity index (χ3v) is 4.74. The van der Waals surface area contributed by atoms with Crippen LogP contribution in [0.25, 0.3) is 0 Å². The Hall–Kier alpha value is -1.40. The van der Waals surface area contributed by atoms with Gasteiger partial charge in [-0.3, -0.25) is 9.69 Å². The lowest BCUT2D eigenvalue weighted by atomic mass is 10.0. The number of ether oxygens (including phenoxy) is 1. The molecule has 0 spiro atoms. The number of fused-ring (bicyclic) bond motifs is 1. The first kappa shape index (κ1) is 14.5. The lowest BCUT2D eigenvalue weighted by Gasteiger charge is -2.25. The molecule has 2 atom stereocenters. The van der Waals surface area contributed by atoms with Crippen LogP contribution in [0, 0.1) is 19.8 Å². The summed E-state index contributed by atoms with van der Waals surface area (Å²) in [5.41, 5.74) is 1.33. The van der Waals surface area contributed by atoms with Crippen LogP contribution in [-0.2, 0) is 4.74 Å². The van der Waals surface area contributed by atoms with Crippen LogP contribution in [0.3, 0.4) is 0 Å². The molecule has 2 aliphatic rings. The predicted molar refractivity (Wildman–Crippen MR) is 77.2 cm³/mol. The largest absolute Gasteiger partial charge is 0.383 e. The van der Waals surface area contributed by atoms with Crippen LogP contribution in [0.1, 0.15) is 28.2 Å². The molecule has 0 radical (unpaired) electrons. The molecule has 1 aromatic heterocycles. The maximum absolute atomic E-state index is 12.8. The molecule has 2 saturated heterocycles. The highest BCUT2D eigenvalue weighted by molar-refractivity contribution is 5.96. The molecule has 0 saturated carbocycles. The number of likely N-dealkylation sites (tertiary alicyclic amines) is 2. The number of carbonyl (C=O) groups excluding carboxylic acids is 1. The summed E-state index contributed by atoms with van der Waals surface area (Å²) in [6.45, 7) is 8.18. The number of rotatable bonds is 4. The molecule has 1 amide bonds. The molecule has 1 aromatic rings. The molecule has 0 aromatic carbocycles. The number of carbonyl (C=O) groups is 1. The Labute approximate surface area is 125 Å². The first-order valence-electron chi connectivity index (χ1n) is 7.57. The van der Waals surface area contributed by atoms with E-state index in [9.17, 15) is 4.79 Å². The zero-order valence-corrected chi connectivity index (χ0v) is 13.0. The first-order chi connectivity index (χ1) is 10.1. The number of nitrogens with zero attached hydrogens (tertiary/aromatic N) is 3. The molecule has 0 bridgehead atoms. The van der Waals surface area contributed by atoms with E-state index in [-0.39, 0.29) is 5.91 Å². The SMILES string of the molecule is COCCN1C[C@@H]2CCN(C(=O)c3c(C)noc3C)[C@@H]2C1. The van der Waals surface area contributed by atoms with Gasteiger partial charge in [-0.1, -0.05) is 5.16 Å². The van der Waals surface area contributed by atoms with Crippen molar-refractivity contribution in [3.8, 4) is 0 Å². The second-order valence-corrected chi connectivity index (χ2v) is 6.07. The van der Waals surface area contributed by atoms with E-state index in [0.29, 0.717) is 29.0 Å². The fourth-order valence-electron chi connectivity index (χ4n) is 3.64. The van der Waals surface area contributed by atoms with E-state index in [0.717, 1.165) is 39.2 Å². The van der Waals surface area contributed by atoms with Crippen LogP contribution in [0.2, 0.25) is 0 Å². The van der Waals surface area contributed by atoms with Gasteiger partial charge in [-0.15, -0.1) is 0 Å². The average molecular weight is 293 g/mol. The first-order valence-corrected chi connectivity index (χ1v) is 7.57. The number of hydrogen-bond acceptors (Lipinski definition) is 5. The van der Waals surface area contributed by atoms with Gasteiger partial charge in [0.25, 0.3) is 5.91 Å². The van der Waals surface area contributed by atoms with Crippen molar-refractivity contribution in [3.05, 3.63) is 17.0 Å². The summed E-state index contributed by atoms with van der Waals surface area (Å²) >= 11 is 0. The molecule has 2 fully saturated rings. The standard InChI is InChI=1S/C15H23N3O3/c1-10-14(11(2)21-16-10)15(19)18-5-4-12-8-17(6-7-20-3)9-13(12)18/h12-13H,4-9H2,1-3H3/t12-,13+/m0/s1. The van der Waals surface area contributed by atoms with E-state index in [2.05, 4.69) is 10.1 Å². The summed E-state index contributed by atoms with van der Waals surface area (Å²) in [6.07, 6.45) is 1.09. The molecular weight excluding hydrogens is 270 g/mol. The predicted octanol–water partition coefficient (Wildman–Crippen LogP) is 1.08. The molecule has 0 aliphatic carbocycles. The van der Waals surface area contributed by atoms with Gasteiger partial charge in [-0.2, -0.15) is 0 Å². The highest BCUT2D eigenvalue weighted by atomic mass is 16.5. The van der Waals surface area contributed by atoms with Gasteiger partial charge < -0.3 is 14.2 Å². The van der Waals surface area contributed by atoms with Crippen molar-refractivity contribution in [2.45, 2.75) is 26.3 Å². The normalized spacial score (nSPS) is 25.6. The van der Waals surface area contributed by atoms with E-state index in [1.165, 1.54) is 0 Å². The Morgan fingerprint density at radius 2 is 2.24 bits per heavy atom. The summed E-state index contributed by atoms with van der Waals surface area (Å²) in [5.74, 6) is 1.29. The number of amides is 1. The third kappa shape index (κ3) is 2.58. The maximum Gasteiger partial charge on any atom is 0.259 e. The summed E-state index contributed by atoms with van der Waals surface area (Å²) in [6, 6.07) is 0.322. The summed E-state index contributed by atoms with van der Waals surface area (Å²) < 4.78 is 10.3. The molecule has 6 heteroatoms. The van der Waals surface area contributed by atoms with Crippen molar-refractivity contribution in [3.63, 3.8) is 0 Å². The zero-order chi connectivity index (χ0) is 15.0. The Morgan fingerprint density at radius 3 is 2.90 bits per heavy atom. The molecule has 2 aliphatic heterocycles. The monoisotopic (exact) mass is 293 g/mol. The summed E-state index contributed by atoms with van der Waals surface area (Å²) in [7, 11) is 1.73. The summed E-state index contributed by atoms with van der Waals surface area (Å²) in [4.78, 5) is 17.2. The third-order valence-electron chi connectivity index (χ3n) is 4.74. The molecule has 3 heterocycles. The smallest absolute Gasteiger partial charge is 0.259 e. The van der Waals surface area contributed by atoms with Crippen LogP contribution in [0.5, 0.6) is 0 Å². The second kappa shape index (κ2) is 5.77. The summed E-state index contributed by atoms with van der Waals surface area (Å²) in [5, 5.41) is 3.90. The highest BCUT2D eigenvalue weighted by Gasteiger charge is 2.44. The van der Waals surface area contributed by atoms with Crippen molar-refractivity contribution < 1.29 is 14.1 Å². The second-order valence-electron chi connectivity index (χ2n) is 6.07. The van der Waals surface area contributed by atoms with E-state index in [1.807, 2.05) is 11.8 Å². The lowest BCUT2D eigenvalue weighted by Crippen LogP contribution is -2.40. The van der Waals surface area contributed by atoms with Crippen LogP contribution in [0.4, 0.5) is 0 Å².